The maximum absolute atomic E-state index is 12.2. The van der Waals surface area contributed by atoms with E-state index < -0.39 is 0 Å². The monoisotopic (exact) mass is 284 g/mol. The number of hydrogen-bond acceptors (Lipinski definition) is 3. The molecule has 0 bridgehead atoms. The van der Waals surface area contributed by atoms with Gasteiger partial charge < -0.3 is 10.2 Å². The fraction of sp³-hybridized carbons (Fsp3) is 0.278. The average Bonchev–Trinajstić information content (AvgIpc) is 2.44. The quantitative estimate of drug-likeness (QED) is 0.821. The number of hydrogen-bond donors (Lipinski definition) is 2. The van der Waals surface area contributed by atoms with E-state index in [4.69, 9.17) is 0 Å². The molecule has 0 spiro atoms. The van der Waals surface area contributed by atoms with Gasteiger partial charge in [0.05, 0.1) is 0 Å². The van der Waals surface area contributed by atoms with Crippen LogP contribution in [0.1, 0.15) is 40.4 Å². The van der Waals surface area contributed by atoms with Crippen molar-refractivity contribution < 1.29 is 15.0 Å². The Morgan fingerprint density at radius 2 is 1.52 bits per heavy atom. The smallest absolute Gasteiger partial charge is 0.170 e. The predicted molar refractivity (Wildman–Crippen MR) is 83.0 cm³/mol. The van der Waals surface area contributed by atoms with Crippen LogP contribution in [0.2, 0.25) is 0 Å². The zero-order valence-corrected chi connectivity index (χ0v) is 12.4. The first kappa shape index (κ1) is 15.1. The summed E-state index contributed by atoms with van der Waals surface area (Å²) in [5, 5.41) is 19.7. The Bertz CT molecular complexity index is 619. The summed E-state index contributed by atoms with van der Waals surface area (Å²) >= 11 is 0. The maximum atomic E-state index is 12.2. The van der Waals surface area contributed by atoms with Crippen LogP contribution in [0.4, 0.5) is 0 Å². The molecule has 110 valence electrons. The fourth-order valence-electron chi connectivity index (χ4n) is 2.36. The second kappa shape index (κ2) is 6.44. The lowest BCUT2D eigenvalue weighted by molar-refractivity contribution is 0.0977. The Labute approximate surface area is 124 Å². The Balaban J connectivity index is 2.08. The van der Waals surface area contributed by atoms with Crippen molar-refractivity contribution in [3.05, 3.63) is 58.7 Å². The molecule has 0 aliphatic carbocycles. The number of aromatic hydroxyl groups is 2. The standard InChI is InChI=1S/C18H20O3/c1-3-13-4-6-14(7-5-13)8-9-15(19)18-16(20)10-12(2)11-17(18)21/h4-7,10-11,20-21H,3,8-9H2,1-2H3. The molecule has 3 heteroatoms. The lowest BCUT2D eigenvalue weighted by Gasteiger charge is -2.08. The van der Waals surface area contributed by atoms with E-state index in [-0.39, 0.29) is 29.3 Å². The van der Waals surface area contributed by atoms with Gasteiger partial charge >= 0.3 is 0 Å². The molecule has 0 amide bonds. The van der Waals surface area contributed by atoms with Crippen LogP contribution in [0, 0.1) is 6.92 Å². The summed E-state index contributed by atoms with van der Waals surface area (Å²) in [6.07, 6.45) is 1.84. The minimum Gasteiger partial charge on any atom is -0.507 e. The van der Waals surface area contributed by atoms with Crippen molar-refractivity contribution in [2.24, 2.45) is 0 Å². The molecule has 3 nitrogen and oxygen atoms in total. The number of rotatable bonds is 5. The van der Waals surface area contributed by atoms with E-state index in [1.807, 2.05) is 12.1 Å². The van der Waals surface area contributed by atoms with E-state index in [1.165, 1.54) is 17.7 Å². The van der Waals surface area contributed by atoms with E-state index in [0.29, 0.717) is 6.42 Å². The van der Waals surface area contributed by atoms with E-state index in [1.54, 1.807) is 6.92 Å². The molecule has 0 saturated carbocycles. The van der Waals surface area contributed by atoms with Crippen LogP contribution in [-0.2, 0) is 12.8 Å². The van der Waals surface area contributed by atoms with Crippen LogP contribution in [0.25, 0.3) is 0 Å². The van der Waals surface area contributed by atoms with Gasteiger partial charge in [-0.15, -0.1) is 0 Å². The normalized spacial score (nSPS) is 10.6. The highest BCUT2D eigenvalue weighted by Gasteiger charge is 2.16. The first-order chi connectivity index (χ1) is 10.0. The molecular formula is C18H20O3. The molecule has 0 fully saturated rings. The minimum absolute atomic E-state index is 0.0192. The Morgan fingerprint density at radius 1 is 1.00 bits per heavy atom. The molecule has 2 aromatic rings. The van der Waals surface area contributed by atoms with Crippen molar-refractivity contribution in [2.75, 3.05) is 0 Å². The van der Waals surface area contributed by atoms with Crippen molar-refractivity contribution >= 4 is 5.78 Å². The van der Waals surface area contributed by atoms with Crippen molar-refractivity contribution in [3.63, 3.8) is 0 Å². The van der Waals surface area contributed by atoms with Gasteiger partial charge in [-0.1, -0.05) is 31.2 Å². The fourth-order valence-corrected chi connectivity index (χ4v) is 2.36. The first-order valence-electron chi connectivity index (χ1n) is 7.15. The molecule has 2 rings (SSSR count). The van der Waals surface area contributed by atoms with Gasteiger partial charge in [0, 0.05) is 6.42 Å². The molecule has 0 aliphatic heterocycles. The Kier molecular flexibility index (Phi) is 4.63. The minimum atomic E-state index is -0.246. The molecule has 0 heterocycles. The summed E-state index contributed by atoms with van der Waals surface area (Å²) in [6, 6.07) is 11.1. The summed E-state index contributed by atoms with van der Waals surface area (Å²) in [4.78, 5) is 12.2. The van der Waals surface area contributed by atoms with Gasteiger partial charge in [-0.3, -0.25) is 4.79 Å². The SMILES string of the molecule is CCc1ccc(CCC(=O)c2c(O)cc(C)cc2O)cc1. The molecule has 0 aromatic heterocycles. The number of phenolic OH excluding ortho intramolecular Hbond substituents is 2. The van der Waals surface area contributed by atoms with E-state index in [9.17, 15) is 15.0 Å². The van der Waals surface area contributed by atoms with E-state index in [0.717, 1.165) is 17.5 Å². The third-order valence-electron chi connectivity index (χ3n) is 3.59. The average molecular weight is 284 g/mol. The molecule has 21 heavy (non-hydrogen) atoms. The highest BCUT2D eigenvalue weighted by Crippen LogP contribution is 2.30. The highest BCUT2D eigenvalue weighted by atomic mass is 16.3. The topological polar surface area (TPSA) is 57.5 Å². The lowest BCUT2D eigenvalue weighted by Crippen LogP contribution is -2.02. The predicted octanol–water partition coefficient (Wildman–Crippen LogP) is 3.78. The van der Waals surface area contributed by atoms with Crippen LogP contribution >= 0.6 is 0 Å². The second-order valence-corrected chi connectivity index (χ2v) is 5.27. The van der Waals surface area contributed by atoms with Crippen LogP contribution < -0.4 is 0 Å². The van der Waals surface area contributed by atoms with Gasteiger partial charge in [0.2, 0.25) is 0 Å². The Hall–Kier alpha value is -2.29. The van der Waals surface area contributed by atoms with Gasteiger partial charge in [-0.2, -0.15) is 0 Å². The van der Waals surface area contributed by atoms with Gasteiger partial charge in [0.15, 0.2) is 5.78 Å². The summed E-state index contributed by atoms with van der Waals surface area (Å²) in [7, 11) is 0. The number of phenols is 2. The third-order valence-corrected chi connectivity index (χ3v) is 3.59. The number of Topliss-reactive ketones (excluding diaryl/α,β-unsaturated/α-hetero) is 1. The lowest BCUT2D eigenvalue weighted by atomic mass is 9.99. The number of carbonyl (C=O) groups excluding carboxylic acids is 1. The van der Waals surface area contributed by atoms with Crippen LogP contribution in [-0.4, -0.2) is 16.0 Å². The molecule has 2 N–H and O–H groups in total. The van der Waals surface area contributed by atoms with Gasteiger partial charge in [0.25, 0.3) is 0 Å². The van der Waals surface area contributed by atoms with Gasteiger partial charge in [-0.05, 0) is 48.6 Å². The largest absolute Gasteiger partial charge is 0.507 e. The van der Waals surface area contributed by atoms with Gasteiger partial charge in [-0.25, -0.2) is 0 Å². The van der Waals surface area contributed by atoms with Crippen LogP contribution in [0.5, 0.6) is 11.5 Å². The van der Waals surface area contributed by atoms with E-state index in [2.05, 4.69) is 19.1 Å². The molecule has 0 unspecified atom stereocenters. The number of carbonyl (C=O) groups is 1. The number of aryl methyl sites for hydroxylation is 3. The van der Waals surface area contributed by atoms with Gasteiger partial charge in [0.1, 0.15) is 17.1 Å². The summed E-state index contributed by atoms with van der Waals surface area (Å²) in [5.74, 6) is -0.553. The number of ketones is 1. The molecule has 0 saturated heterocycles. The summed E-state index contributed by atoms with van der Waals surface area (Å²) in [5.41, 5.74) is 3.08. The Morgan fingerprint density at radius 3 is 2.05 bits per heavy atom. The molecule has 2 aromatic carbocycles. The van der Waals surface area contributed by atoms with Crippen molar-refractivity contribution in [1.29, 1.82) is 0 Å². The summed E-state index contributed by atoms with van der Waals surface area (Å²) in [6.45, 7) is 3.85. The van der Waals surface area contributed by atoms with Crippen molar-refractivity contribution in [3.8, 4) is 11.5 Å². The number of benzene rings is 2. The third kappa shape index (κ3) is 3.63. The molecule has 0 radical (unpaired) electrons. The van der Waals surface area contributed by atoms with E-state index >= 15 is 0 Å². The maximum Gasteiger partial charge on any atom is 0.170 e. The molecule has 0 aliphatic rings. The first-order valence-corrected chi connectivity index (χ1v) is 7.15. The molecule has 0 atom stereocenters. The zero-order chi connectivity index (χ0) is 15.4. The zero-order valence-electron chi connectivity index (χ0n) is 12.4. The highest BCUT2D eigenvalue weighted by molar-refractivity contribution is 6.01. The van der Waals surface area contributed by atoms with Crippen molar-refractivity contribution in [2.45, 2.75) is 33.1 Å². The summed E-state index contributed by atoms with van der Waals surface area (Å²) < 4.78 is 0. The van der Waals surface area contributed by atoms with Crippen LogP contribution in [0.15, 0.2) is 36.4 Å². The van der Waals surface area contributed by atoms with Crippen molar-refractivity contribution in [1.82, 2.24) is 0 Å². The molecular weight excluding hydrogens is 264 g/mol. The van der Waals surface area contributed by atoms with Crippen LogP contribution in [0.3, 0.4) is 0 Å². The second-order valence-electron chi connectivity index (χ2n) is 5.27.